The summed E-state index contributed by atoms with van der Waals surface area (Å²) in [6.45, 7) is 10.7. The molecule has 0 aromatic heterocycles. The van der Waals surface area contributed by atoms with E-state index in [9.17, 15) is 9.59 Å². The molecule has 0 unspecified atom stereocenters. The van der Waals surface area contributed by atoms with Crippen LogP contribution in [0, 0.1) is 19.8 Å². The van der Waals surface area contributed by atoms with Gasteiger partial charge in [0.2, 0.25) is 0 Å². The summed E-state index contributed by atoms with van der Waals surface area (Å²) in [5.41, 5.74) is 3.87. The molecule has 1 aliphatic heterocycles. The zero-order chi connectivity index (χ0) is 21.1. The van der Waals surface area contributed by atoms with Gasteiger partial charge in [-0.05, 0) is 66.5 Å². The van der Waals surface area contributed by atoms with Gasteiger partial charge in [-0.2, -0.15) is 0 Å². The summed E-state index contributed by atoms with van der Waals surface area (Å²) in [7, 11) is 0. The fourth-order valence-electron chi connectivity index (χ4n) is 3.34. The lowest BCUT2D eigenvalue weighted by atomic mass is 10.1. The van der Waals surface area contributed by atoms with E-state index in [1.54, 1.807) is 0 Å². The fourth-order valence-corrected chi connectivity index (χ4v) is 4.19. The molecule has 152 valence electrons. The first-order valence-electron chi connectivity index (χ1n) is 9.89. The molecular formula is C24H27NO3S. The van der Waals surface area contributed by atoms with Crippen molar-refractivity contribution in [3.63, 3.8) is 0 Å². The van der Waals surface area contributed by atoms with Crippen LogP contribution in [0.4, 0.5) is 5.69 Å². The molecule has 3 rings (SSSR count). The number of amides is 2. The van der Waals surface area contributed by atoms with Crippen molar-refractivity contribution in [2.45, 2.75) is 34.6 Å². The van der Waals surface area contributed by atoms with Crippen molar-refractivity contribution in [2.24, 2.45) is 5.92 Å². The van der Waals surface area contributed by atoms with Gasteiger partial charge >= 0.3 is 0 Å². The molecule has 2 aromatic rings. The lowest BCUT2D eigenvalue weighted by Gasteiger charge is -2.16. The first-order valence-corrected chi connectivity index (χ1v) is 10.9. The monoisotopic (exact) mass is 409 g/mol. The molecule has 0 bridgehead atoms. The third-order valence-corrected chi connectivity index (χ3v) is 5.48. The highest BCUT2D eigenvalue weighted by Gasteiger charge is 2.40. The number of carbonyl (C=O) groups excluding carboxylic acids is 2. The molecule has 0 N–H and O–H groups in total. The molecule has 0 saturated heterocycles. The van der Waals surface area contributed by atoms with E-state index in [-0.39, 0.29) is 11.8 Å². The predicted molar refractivity (Wildman–Crippen MR) is 120 cm³/mol. The Balaban J connectivity index is 1.97. The number of nitrogens with zero attached hydrogens (tertiary/aromatic N) is 1. The lowest BCUT2D eigenvalue weighted by molar-refractivity contribution is -0.119. The second-order valence-electron chi connectivity index (χ2n) is 7.66. The number of hydrogen-bond acceptors (Lipinski definition) is 4. The molecule has 4 nitrogen and oxygen atoms in total. The third kappa shape index (κ3) is 4.56. The Bertz CT molecular complexity index is 940. The number of benzene rings is 2. The van der Waals surface area contributed by atoms with E-state index in [1.165, 1.54) is 16.7 Å². The summed E-state index contributed by atoms with van der Waals surface area (Å²) in [5.74, 6) is 1.39. The van der Waals surface area contributed by atoms with Gasteiger partial charge in [0.1, 0.15) is 5.75 Å². The summed E-state index contributed by atoms with van der Waals surface area (Å²) < 4.78 is 5.74. The van der Waals surface area contributed by atoms with Crippen LogP contribution in [0.3, 0.4) is 0 Å². The average Bonchev–Trinajstić information content (AvgIpc) is 2.90. The number of rotatable bonds is 7. The highest BCUT2D eigenvalue weighted by Crippen LogP contribution is 2.39. The zero-order valence-corrected chi connectivity index (χ0v) is 18.4. The van der Waals surface area contributed by atoms with E-state index in [0.717, 1.165) is 22.4 Å². The van der Waals surface area contributed by atoms with Crippen LogP contribution in [0.1, 0.15) is 37.5 Å². The molecule has 2 amide bonds. The van der Waals surface area contributed by atoms with Gasteiger partial charge in [0.25, 0.3) is 11.8 Å². The number of ether oxygens (including phenoxy) is 1. The summed E-state index contributed by atoms with van der Waals surface area (Å²) in [4.78, 5) is 28.3. The van der Waals surface area contributed by atoms with Crippen LogP contribution in [0.25, 0.3) is 5.57 Å². The normalized spacial score (nSPS) is 14.3. The average molecular weight is 410 g/mol. The molecule has 0 spiro atoms. The Kier molecular flexibility index (Phi) is 6.48. The maximum atomic E-state index is 13.3. The Labute approximate surface area is 176 Å². The number of hydrogen-bond donors (Lipinski definition) is 0. The first kappa shape index (κ1) is 21.2. The van der Waals surface area contributed by atoms with Crippen molar-refractivity contribution in [1.82, 2.24) is 0 Å². The van der Waals surface area contributed by atoms with Crippen molar-refractivity contribution in [1.29, 1.82) is 0 Å². The molecule has 29 heavy (non-hydrogen) atoms. The Morgan fingerprint density at radius 3 is 2.14 bits per heavy atom. The Hall–Kier alpha value is -2.53. The highest BCUT2D eigenvalue weighted by atomic mass is 32.2. The maximum absolute atomic E-state index is 13.3. The molecule has 0 aliphatic carbocycles. The predicted octanol–water partition coefficient (Wildman–Crippen LogP) is 5.38. The van der Waals surface area contributed by atoms with Crippen molar-refractivity contribution in [3.05, 3.63) is 64.1 Å². The number of imide groups is 1. The summed E-state index contributed by atoms with van der Waals surface area (Å²) >= 11 is 1.42. The first-order chi connectivity index (χ1) is 13.8. The zero-order valence-electron chi connectivity index (χ0n) is 17.6. The number of anilines is 1. The highest BCUT2D eigenvalue weighted by molar-refractivity contribution is 8.04. The molecule has 5 heteroatoms. The number of aryl methyl sites for hydroxylation is 2. The second-order valence-corrected chi connectivity index (χ2v) is 8.93. The van der Waals surface area contributed by atoms with Crippen LogP contribution in [0.5, 0.6) is 5.75 Å². The molecule has 0 atom stereocenters. The summed E-state index contributed by atoms with van der Waals surface area (Å²) in [6, 6.07) is 13.2. The van der Waals surface area contributed by atoms with Crippen LogP contribution in [0.2, 0.25) is 0 Å². The summed E-state index contributed by atoms with van der Waals surface area (Å²) in [5, 5.41) is 0. The second kappa shape index (κ2) is 8.87. The van der Waals surface area contributed by atoms with E-state index in [1.807, 2.05) is 63.2 Å². The minimum atomic E-state index is -0.271. The minimum absolute atomic E-state index is 0.248. The van der Waals surface area contributed by atoms with Gasteiger partial charge < -0.3 is 4.74 Å². The SMILES string of the molecule is CCSC1=C(c2ccc(OCC(C)C)cc2)C(=O)N(c2cc(C)cc(C)c2)C1=O. The molecule has 1 aliphatic rings. The van der Waals surface area contributed by atoms with Crippen molar-refractivity contribution < 1.29 is 14.3 Å². The van der Waals surface area contributed by atoms with E-state index in [2.05, 4.69) is 13.8 Å². The van der Waals surface area contributed by atoms with Gasteiger partial charge in [0.15, 0.2) is 0 Å². The largest absolute Gasteiger partial charge is 0.493 e. The number of carbonyl (C=O) groups is 2. The van der Waals surface area contributed by atoms with Crippen molar-refractivity contribution in [3.8, 4) is 5.75 Å². The van der Waals surface area contributed by atoms with Crippen LogP contribution in [-0.2, 0) is 9.59 Å². The Morgan fingerprint density at radius 1 is 0.966 bits per heavy atom. The maximum Gasteiger partial charge on any atom is 0.272 e. The van der Waals surface area contributed by atoms with Gasteiger partial charge in [-0.3, -0.25) is 9.59 Å². The lowest BCUT2D eigenvalue weighted by Crippen LogP contribution is -2.31. The smallest absolute Gasteiger partial charge is 0.272 e. The van der Waals surface area contributed by atoms with Crippen LogP contribution in [-0.4, -0.2) is 24.2 Å². The van der Waals surface area contributed by atoms with E-state index in [0.29, 0.717) is 34.4 Å². The van der Waals surface area contributed by atoms with Gasteiger partial charge in [-0.15, -0.1) is 11.8 Å². The van der Waals surface area contributed by atoms with Crippen LogP contribution >= 0.6 is 11.8 Å². The molecule has 2 aromatic carbocycles. The van der Waals surface area contributed by atoms with Crippen molar-refractivity contribution in [2.75, 3.05) is 17.3 Å². The minimum Gasteiger partial charge on any atom is -0.493 e. The van der Waals surface area contributed by atoms with Gasteiger partial charge in [-0.25, -0.2) is 4.90 Å². The molecule has 0 radical (unpaired) electrons. The van der Waals surface area contributed by atoms with Crippen molar-refractivity contribution >= 4 is 34.8 Å². The molecule has 0 saturated carbocycles. The van der Waals surface area contributed by atoms with Gasteiger partial charge in [-0.1, -0.05) is 39.0 Å². The third-order valence-electron chi connectivity index (χ3n) is 4.52. The Morgan fingerprint density at radius 2 is 1.59 bits per heavy atom. The number of thioether (sulfide) groups is 1. The van der Waals surface area contributed by atoms with E-state index in [4.69, 9.17) is 4.74 Å². The van der Waals surface area contributed by atoms with Gasteiger partial charge in [0, 0.05) is 0 Å². The standard InChI is InChI=1S/C24H27NO3S/c1-6-29-22-21(18-7-9-20(10-8-18)28-14-15(2)3)23(26)25(24(22)27)19-12-16(4)11-17(5)13-19/h7-13,15H,6,14H2,1-5H3. The molecule has 1 heterocycles. The fraction of sp³-hybridized carbons (Fsp3) is 0.333. The van der Waals surface area contributed by atoms with Crippen LogP contribution in [0.15, 0.2) is 47.4 Å². The van der Waals surface area contributed by atoms with Crippen LogP contribution < -0.4 is 9.64 Å². The topological polar surface area (TPSA) is 46.6 Å². The van der Waals surface area contributed by atoms with E-state index < -0.39 is 0 Å². The molecule has 0 fully saturated rings. The molecular weight excluding hydrogens is 382 g/mol. The van der Waals surface area contributed by atoms with Gasteiger partial charge in [0.05, 0.1) is 22.8 Å². The quantitative estimate of drug-likeness (QED) is 0.576. The van der Waals surface area contributed by atoms with E-state index >= 15 is 0 Å². The summed E-state index contributed by atoms with van der Waals surface area (Å²) in [6.07, 6.45) is 0.